The maximum absolute atomic E-state index is 12.2. The summed E-state index contributed by atoms with van der Waals surface area (Å²) in [6.07, 6.45) is 4.80. The van der Waals surface area contributed by atoms with Crippen molar-refractivity contribution >= 4 is 5.69 Å². The average Bonchev–Trinajstić information content (AvgIpc) is 2.37. The smallest absolute Gasteiger partial charge is 0.288 e. The van der Waals surface area contributed by atoms with Crippen molar-refractivity contribution in [2.24, 2.45) is 7.05 Å². The van der Waals surface area contributed by atoms with Gasteiger partial charge in [0.15, 0.2) is 0 Å². The summed E-state index contributed by atoms with van der Waals surface area (Å²) in [6.45, 7) is 1.48. The Morgan fingerprint density at radius 1 is 1.21 bits per heavy atom. The maximum atomic E-state index is 12.2. The van der Waals surface area contributed by atoms with Crippen LogP contribution in [0, 0.1) is 17.0 Å². The monoisotopic (exact) mass is 267 g/mol. The molecule has 19 heavy (non-hydrogen) atoms. The van der Waals surface area contributed by atoms with Gasteiger partial charge in [-0.2, -0.15) is 0 Å². The van der Waals surface area contributed by atoms with Crippen molar-refractivity contribution in [3.63, 3.8) is 0 Å². The van der Waals surface area contributed by atoms with Crippen molar-refractivity contribution in [3.05, 3.63) is 36.6 Å². The summed E-state index contributed by atoms with van der Waals surface area (Å²) in [5.41, 5.74) is -1.61. The van der Waals surface area contributed by atoms with Gasteiger partial charge in [-0.05, 0) is 19.8 Å². The number of hydrogen-bond acceptors (Lipinski definition) is 4. The highest BCUT2D eigenvalue weighted by molar-refractivity contribution is 5.32. The Morgan fingerprint density at radius 2 is 1.79 bits per heavy atom. The summed E-state index contributed by atoms with van der Waals surface area (Å²) in [5, 5.41) is 11.0. The Balaban J connectivity index is 2.70. The van der Waals surface area contributed by atoms with Crippen molar-refractivity contribution < 1.29 is 4.92 Å². The van der Waals surface area contributed by atoms with E-state index in [-0.39, 0.29) is 11.7 Å². The molecule has 104 valence electrons. The van der Waals surface area contributed by atoms with Gasteiger partial charge in [-0.1, -0.05) is 19.3 Å². The highest BCUT2D eigenvalue weighted by atomic mass is 16.6. The second-order valence-electron chi connectivity index (χ2n) is 5.00. The van der Waals surface area contributed by atoms with Gasteiger partial charge in [-0.3, -0.25) is 24.0 Å². The molecule has 0 spiro atoms. The zero-order chi connectivity index (χ0) is 14.2. The van der Waals surface area contributed by atoms with Gasteiger partial charge in [0.05, 0.1) is 4.92 Å². The van der Waals surface area contributed by atoms with E-state index in [0.29, 0.717) is 0 Å². The second-order valence-corrected chi connectivity index (χ2v) is 5.00. The van der Waals surface area contributed by atoms with E-state index in [1.165, 1.54) is 18.5 Å². The molecule has 1 aliphatic rings. The molecule has 1 heterocycles. The largest absolute Gasteiger partial charge is 0.353 e. The summed E-state index contributed by atoms with van der Waals surface area (Å²) < 4.78 is 2.26. The molecule has 0 N–H and O–H groups in total. The fraction of sp³-hybridized carbons (Fsp3) is 0.667. The van der Waals surface area contributed by atoms with E-state index in [1.54, 1.807) is 0 Å². The topological polar surface area (TPSA) is 87.1 Å². The molecule has 1 saturated carbocycles. The minimum atomic E-state index is -0.834. The molecule has 0 atom stereocenters. The van der Waals surface area contributed by atoms with Crippen LogP contribution in [-0.4, -0.2) is 14.1 Å². The Labute approximate surface area is 109 Å². The van der Waals surface area contributed by atoms with Gasteiger partial charge in [0, 0.05) is 13.1 Å². The van der Waals surface area contributed by atoms with Crippen LogP contribution < -0.4 is 11.2 Å². The van der Waals surface area contributed by atoms with Gasteiger partial charge >= 0.3 is 16.9 Å². The second kappa shape index (κ2) is 4.99. The van der Waals surface area contributed by atoms with Crippen molar-refractivity contribution in [2.45, 2.75) is 45.1 Å². The lowest BCUT2D eigenvalue weighted by molar-refractivity contribution is -0.387. The molecule has 2 rings (SSSR count). The van der Waals surface area contributed by atoms with Gasteiger partial charge in [0.2, 0.25) is 0 Å². The molecule has 0 unspecified atom stereocenters. The van der Waals surface area contributed by atoms with Crippen molar-refractivity contribution in [2.75, 3.05) is 0 Å². The highest BCUT2D eigenvalue weighted by Crippen LogP contribution is 2.28. The van der Waals surface area contributed by atoms with Crippen LogP contribution in [0.4, 0.5) is 5.69 Å². The Bertz CT molecular complexity index is 623. The summed E-state index contributed by atoms with van der Waals surface area (Å²) in [5.74, 6) is 0. The minimum absolute atomic E-state index is 0.0354. The molecule has 0 amide bonds. The Kier molecular flexibility index (Phi) is 3.55. The standard InChI is InChI=1S/C12H17N3O4/c1-8-10(15(18)19)11(16)13(2)12(17)14(8)9-6-4-3-5-7-9/h9H,3-7H2,1-2H3. The molecule has 0 radical (unpaired) electrons. The first-order valence-electron chi connectivity index (χ1n) is 6.41. The van der Waals surface area contributed by atoms with Crippen LogP contribution in [-0.2, 0) is 7.05 Å². The van der Waals surface area contributed by atoms with Crippen LogP contribution >= 0.6 is 0 Å². The predicted octanol–water partition coefficient (Wildman–Crippen LogP) is 1.27. The van der Waals surface area contributed by atoms with E-state index in [4.69, 9.17) is 0 Å². The normalized spacial score (nSPS) is 16.5. The van der Waals surface area contributed by atoms with Crippen molar-refractivity contribution in [1.82, 2.24) is 9.13 Å². The molecular weight excluding hydrogens is 250 g/mol. The SMILES string of the molecule is Cc1c([N+](=O)[O-])c(=O)n(C)c(=O)n1C1CCCCC1. The van der Waals surface area contributed by atoms with Gasteiger partial charge in [0.25, 0.3) is 0 Å². The number of rotatable bonds is 2. The van der Waals surface area contributed by atoms with E-state index in [9.17, 15) is 19.7 Å². The van der Waals surface area contributed by atoms with Crippen LogP contribution in [0.15, 0.2) is 9.59 Å². The van der Waals surface area contributed by atoms with Crippen molar-refractivity contribution in [3.8, 4) is 0 Å². The third-order valence-corrected chi connectivity index (χ3v) is 3.83. The lowest BCUT2D eigenvalue weighted by Gasteiger charge is -2.25. The molecule has 7 heteroatoms. The first-order chi connectivity index (χ1) is 8.95. The van der Waals surface area contributed by atoms with Gasteiger partial charge in [-0.15, -0.1) is 0 Å². The van der Waals surface area contributed by atoms with Crippen LogP contribution in [0.25, 0.3) is 0 Å². The third-order valence-electron chi connectivity index (χ3n) is 3.83. The minimum Gasteiger partial charge on any atom is -0.288 e. The molecule has 1 aromatic rings. The summed E-state index contributed by atoms with van der Waals surface area (Å²) >= 11 is 0. The number of hydrogen-bond donors (Lipinski definition) is 0. The van der Waals surface area contributed by atoms with E-state index in [0.717, 1.165) is 36.7 Å². The molecule has 0 aromatic carbocycles. The molecule has 1 aliphatic carbocycles. The zero-order valence-electron chi connectivity index (χ0n) is 11.1. The van der Waals surface area contributed by atoms with Crippen LogP contribution in [0.2, 0.25) is 0 Å². The Hall–Kier alpha value is -1.92. The zero-order valence-corrected chi connectivity index (χ0v) is 11.1. The molecule has 0 bridgehead atoms. The van der Waals surface area contributed by atoms with E-state index in [1.807, 2.05) is 0 Å². The maximum Gasteiger partial charge on any atom is 0.353 e. The van der Waals surface area contributed by atoms with Crippen LogP contribution in [0.3, 0.4) is 0 Å². The lowest BCUT2D eigenvalue weighted by Crippen LogP contribution is -2.42. The molecule has 1 aromatic heterocycles. The summed E-state index contributed by atoms with van der Waals surface area (Å²) in [7, 11) is 1.29. The summed E-state index contributed by atoms with van der Waals surface area (Å²) in [4.78, 5) is 34.3. The lowest BCUT2D eigenvalue weighted by atomic mass is 9.95. The first-order valence-corrected chi connectivity index (χ1v) is 6.41. The predicted molar refractivity (Wildman–Crippen MR) is 69.5 cm³/mol. The van der Waals surface area contributed by atoms with Gasteiger partial charge in [-0.25, -0.2) is 4.79 Å². The van der Waals surface area contributed by atoms with E-state index in [2.05, 4.69) is 0 Å². The van der Waals surface area contributed by atoms with Gasteiger partial charge < -0.3 is 0 Å². The number of nitrogens with zero attached hydrogens (tertiary/aromatic N) is 3. The highest BCUT2D eigenvalue weighted by Gasteiger charge is 2.27. The first kappa shape index (κ1) is 13.5. The molecule has 0 aliphatic heterocycles. The van der Waals surface area contributed by atoms with Crippen molar-refractivity contribution in [1.29, 1.82) is 0 Å². The number of aromatic nitrogens is 2. The molecular formula is C12H17N3O4. The third kappa shape index (κ3) is 2.20. The fourth-order valence-electron chi connectivity index (χ4n) is 2.80. The quantitative estimate of drug-likeness (QED) is 0.596. The fourth-order valence-corrected chi connectivity index (χ4v) is 2.80. The van der Waals surface area contributed by atoms with Crippen LogP contribution in [0.1, 0.15) is 43.8 Å². The van der Waals surface area contributed by atoms with Gasteiger partial charge in [0.1, 0.15) is 5.69 Å². The summed E-state index contributed by atoms with van der Waals surface area (Å²) in [6, 6.07) is -0.0354. The number of nitro groups is 1. The molecule has 1 fully saturated rings. The average molecular weight is 267 g/mol. The van der Waals surface area contributed by atoms with Crippen LogP contribution in [0.5, 0.6) is 0 Å². The van der Waals surface area contributed by atoms with E-state index >= 15 is 0 Å². The molecule has 7 nitrogen and oxygen atoms in total. The van der Waals surface area contributed by atoms with E-state index < -0.39 is 21.9 Å². The molecule has 0 saturated heterocycles. The Morgan fingerprint density at radius 3 is 2.32 bits per heavy atom.